The summed E-state index contributed by atoms with van der Waals surface area (Å²) in [6, 6.07) is 9.69. The zero-order valence-corrected chi connectivity index (χ0v) is 9.51. The van der Waals surface area contributed by atoms with E-state index >= 15 is 0 Å². The molecule has 1 unspecified atom stereocenters. The first-order chi connectivity index (χ1) is 8.26. The Labute approximate surface area is 99.3 Å². The maximum atomic E-state index is 9.04. The molecule has 5 heteroatoms. The molecule has 17 heavy (non-hydrogen) atoms. The average Bonchev–Trinajstić information content (AvgIpc) is 2.39. The van der Waals surface area contributed by atoms with Crippen LogP contribution in [0.1, 0.15) is 12.6 Å². The second kappa shape index (κ2) is 4.76. The highest BCUT2D eigenvalue weighted by Crippen LogP contribution is 2.24. The van der Waals surface area contributed by atoms with Crippen LogP contribution < -0.4 is 11.1 Å². The van der Waals surface area contributed by atoms with Gasteiger partial charge in [-0.2, -0.15) is 5.26 Å². The van der Waals surface area contributed by atoms with Gasteiger partial charge >= 0.3 is 0 Å². The monoisotopic (exact) mass is 227 g/mol. The molecule has 0 radical (unpaired) electrons. The van der Waals surface area contributed by atoms with Gasteiger partial charge in [-0.05, 0) is 13.0 Å². The fraction of sp³-hybridized carbons (Fsp3) is 0.250. The standard InChI is InChI=1S/C12H13N5/c1-8(6-13)15-12-9-4-2-3-5-10(9)16-17-11(12)7-14/h2-5,8H,6,13H2,1H3,(H,15,16). The predicted octanol–water partition coefficient (Wildman–Crippen LogP) is 1.26. The number of rotatable bonds is 3. The first-order valence-electron chi connectivity index (χ1n) is 5.38. The number of nitrogens with zero attached hydrogens (tertiary/aromatic N) is 3. The summed E-state index contributed by atoms with van der Waals surface area (Å²) in [5.41, 5.74) is 7.34. The van der Waals surface area contributed by atoms with Gasteiger partial charge in [-0.1, -0.05) is 18.2 Å². The van der Waals surface area contributed by atoms with Crippen LogP contribution >= 0.6 is 0 Å². The van der Waals surface area contributed by atoms with E-state index in [0.717, 1.165) is 10.9 Å². The maximum absolute atomic E-state index is 9.04. The topological polar surface area (TPSA) is 87.6 Å². The Morgan fingerprint density at radius 2 is 2.18 bits per heavy atom. The molecule has 0 amide bonds. The van der Waals surface area contributed by atoms with Crippen LogP contribution in [0.5, 0.6) is 0 Å². The molecule has 1 aromatic carbocycles. The number of nitriles is 1. The van der Waals surface area contributed by atoms with Gasteiger partial charge < -0.3 is 11.1 Å². The Hall–Kier alpha value is -2.19. The Balaban J connectivity index is 2.60. The van der Waals surface area contributed by atoms with Crippen LogP contribution in [0.15, 0.2) is 24.3 Å². The summed E-state index contributed by atoms with van der Waals surface area (Å²) in [5, 5.41) is 21.0. The lowest BCUT2D eigenvalue weighted by Gasteiger charge is -2.15. The molecule has 0 aliphatic heterocycles. The van der Waals surface area contributed by atoms with Gasteiger partial charge in [-0.25, -0.2) is 0 Å². The minimum atomic E-state index is 0.0784. The zero-order chi connectivity index (χ0) is 12.3. The largest absolute Gasteiger partial charge is 0.378 e. The van der Waals surface area contributed by atoms with Crippen molar-refractivity contribution in [3.8, 4) is 6.07 Å². The molecule has 86 valence electrons. The first-order valence-corrected chi connectivity index (χ1v) is 5.38. The van der Waals surface area contributed by atoms with Crippen LogP contribution in [-0.4, -0.2) is 22.8 Å². The van der Waals surface area contributed by atoms with Gasteiger partial charge in [0.25, 0.3) is 0 Å². The Bertz CT molecular complexity index is 573. The number of anilines is 1. The van der Waals surface area contributed by atoms with Crippen LogP contribution in [0.4, 0.5) is 5.69 Å². The molecule has 1 heterocycles. The van der Waals surface area contributed by atoms with Crippen molar-refractivity contribution < 1.29 is 0 Å². The van der Waals surface area contributed by atoms with E-state index in [1.54, 1.807) is 0 Å². The minimum absolute atomic E-state index is 0.0784. The van der Waals surface area contributed by atoms with Gasteiger partial charge in [-0.15, -0.1) is 10.2 Å². The molecule has 1 atom stereocenters. The number of hydrogen-bond donors (Lipinski definition) is 2. The molecule has 0 spiro atoms. The molecule has 0 saturated heterocycles. The van der Waals surface area contributed by atoms with Crippen LogP contribution in [0, 0.1) is 11.3 Å². The molecule has 2 aromatic rings. The first kappa shape index (κ1) is 11.3. The summed E-state index contributed by atoms with van der Waals surface area (Å²) < 4.78 is 0. The summed E-state index contributed by atoms with van der Waals surface area (Å²) in [7, 11) is 0. The average molecular weight is 227 g/mol. The smallest absolute Gasteiger partial charge is 0.186 e. The van der Waals surface area contributed by atoms with Crippen molar-refractivity contribution in [2.75, 3.05) is 11.9 Å². The van der Waals surface area contributed by atoms with Crippen molar-refractivity contribution in [3.63, 3.8) is 0 Å². The number of aromatic nitrogens is 2. The lowest BCUT2D eigenvalue weighted by atomic mass is 10.1. The van der Waals surface area contributed by atoms with Crippen molar-refractivity contribution in [2.45, 2.75) is 13.0 Å². The van der Waals surface area contributed by atoms with Gasteiger partial charge in [0.1, 0.15) is 6.07 Å². The number of nitrogens with one attached hydrogen (secondary N) is 1. The number of fused-ring (bicyclic) bond motifs is 1. The van der Waals surface area contributed by atoms with Crippen molar-refractivity contribution in [1.82, 2.24) is 10.2 Å². The van der Waals surface area contributed by atoms with Gasteiger partial charge in [0.15, 0.2) is 5.69 Å². The molecule has 1 aromatic heterocycles. The third-order valence-corrected chi connectivity index (χ3v) is 2.52. The second-order valence-corrected chi connectivity index (χ2v) is 3.83. The molecule has 0 saturated carbocycles. The fourth-order valence-electron chi connectivity index (χ4n) is 1.58. The van der Waals surface area contributed by atoms with Crippen molar-refractivity contribution in [2.24, 2.45) is 5.73 Å². The van der Waals surface area contributed by atoms with Gasteiger partial charge in [0, 0.05) is 18.0 Å². The van der Waals surface area contributed by atoms with E-state index < -0.39 is 0 Å². The summed E-state index contributed by atoms with van der Waals surface area (Å²) in [4.78, 5) is 0. The summed E-state index contributed by atoms with van der Waals surface area (Å²) in [6.45, 7) is 2.44. The van der Waals surface area contributed by atoms with Crippen LogP contribution in [0.2, 0.25) is 0 Å². The highest BCUT2D eigenvalue weighted by Gasteiger charge is 2.11. The SMILES string of the molecule is CC(CN)Nc1c(C#N)nnc2ccccc12. The lowest BCUT2D eigenvalue weighted by molar-refractivity contribution is 0.802. The molecule has 0 aliphatic rings. The maximum Gasteiger partial charge on any atom is 0.186 e. The van der Waals surface area contributed by atoms with E-state index in [4.69, 9.17) is 11.0 Å². The summed E-state index contributed by atoms with van der Waals surface area (Å²) >= 11 is 0. The van der Waals surface area contributed by atoms with Crippen molar-refractivity contribution >= 4 is 16.6 Å². The molecular weight excluding hydrogens is 214 g/mol. The molecule has 5 nitrogen and oxygen atoms in total. The second-order valence-electron chi connectivity index (χ2n) is 3.83. The van der Waals surface area contributed by atoms with Gasteiger partial charge in [0.2, 0.25) is 0 Å². The highest BCUT2D eigenvalue weighted by molar-refractivity contribution is 5.92. The number of benzene rings is 1. The molecule has 0 aliphatic carbocycles. The normalized spacial score (nSPS) is 12.1. The Kier molecular flexibility index (Phi) is 3.17. The lowest BCUT2D eigenvalue weighted by Crippen LogP contribution is -2.26. The molecule has 0 fully saturated rings. The third kappa shape index (κ3) is 2.17. The zero-order valence-electron chi connectivity index (χ0n) is 9.51. The fourth-order valence-corrected chi connectivity index (χ4v) is 1.58. The Morgan fingerprint density at radius 3 is 2.88 bits per heavy atom. The molecule has 3 N–H and O–H groups in total. The van der Waals surface area contributed by atoms with E-state index in [9.17, 15) is 0 Å². The van der Waals surface area contributed by atoms with Crippen LogP contribution in [-0.2, 0) is 0 Å². The van der Waals surface area contributed by atoms with E-state index in [-0.39, 0.29) is 6.04 Å². The van der Waals surface area contributed by atoms with Crippen LogP contribution in [0.25, 0.3) is 10.9 Å². The molecule has 2 rings (SSSR count). The molecular formula is C12H13N5. The minimum Gasteiger partial charge on any atom is -0.378 e. The van der Waals surface area contributed by atoms with Gasteiger partial charge in [-0.3, -0.25) is 0 Å². The highest BCUT2D eigenvalue weighted by atomic mass is 15.1. The van der Waals surface area contributed by atoms with Crippen molar-refractivity contribution in [1.29, 1.82) is 5.26 Å². The summed E-state index contributed by atoms with van der Waals surface area (Å²) in [6.07, 6.45) is 0. The molecule has 0 bridgehead atoms. The predicted molar refractivity (Wildman–Crippen MR) is 66.4 cm³/mol. The van der Waals surface area contributed by atoms with Crippen LogP contribution in [0.3, 0.4) is 0 Å². The summed E-state index contributed by atoms with van der Waals surface area (Å²) in [5.74, 6) is 0. The van der Waals surface area contributed by atoms with E-state index in [2.05, 4.69) is 15.5 Å². The van der Waals surface area contributed by atoms with E-state index in [1.807, 2.05) is 37.3 Å². The third-order valence-electron chi connectivity index (χ3n) is 2.52. The number of nitrogens with two attached hydrogens (primary N) is 1. The van der Waals surface area contributed by atoms with Crippen molar-refractivity contribution in [3.05, 3.63) is 30.0 Å². The van der Waals surface area contributed by atoms with E-state index in [0.29, 0.717) is 17.9 Å². The number of hydrogen-bond acceptors (Lipinski definition) is 5. The quantitative estimate of drug-likeness (QED) is 0.824. The van der Waals surface area contributed by atoms with E-state index in [1.165, 1.54) is 0 Å². The van der Waals surface area contributed by atoms with Gasteiger partial charge in [0.05, 0.1) is 11.2 Å². The Morgan fingerprint density at radius 1 is 1.41 bits per heavy atom.